The molecule has 0 radical (unpaired) electrons. The number of carbonyl (C=O) groups is 2. The van der Waals surface area contributed by atoms with Crippen molar-refractivity contribution in [3.05, 3.63) is 36.5 Å². The zero-order valence-corrected chi connectivity index (χ0v) is 9.62. The summed E-state index contributed by atoms with van der Waals surface area (Å²) in [6, 6.07) is 0. The Morgan fingerprint density at radius 1 is 1.12 bits per heavy atom. The lowest BCUT2D eigenvalue weighted by Gasteiger charge is -2.02. The van der Waals surface area contributed by atoms with Gasteiger partial charge in [0.25, 0.3) is 0 Å². The van der Waals surface area contributed by atoms with E-state index in [9.17, 15) is 9.59 Å². The van der Waals surface area contributed by atoms with E-state index in [4.69, 9.17) is 4.74 Å². The number of esters is 2. The molecule has 0 saturated heterocycles. The van der Waals surface area contributed by atoms with Gasteiger partial charge in [-0.05, 0) is 18.6 Å². The van der Waals surface area contributed by atoms with Gasteiger partial charge in [0.1, 0.15) is 0 Å². The largest absolute Gasteiger partial charge is 0.465 e. The van der Waals surface area contributed by atoms with Crippen LogP contribution in [-0.2, 0) is 19.1 Å². The summed E-state index contributed by atoms with van der Waals surface area (Å²) in [6.45, 7) is 9.22. The molecule has 0 aliphatic heterocycles. The first-order valence-electron chi connectivity index (χ1n) is 4.84. The summed E-state index contributed by atoms with van der Waals surface area (Å²) in [5, 5.41) is 0. The minimum absolute atomic E-state index is 0.145. The van der Waals surface area contributed by atoms with Crippen molar-refractivity contribution in [3.8, 4) is 0 Å². The molecule has 0 rings (SSSR count). The topological polar surface area (TPSA) is 52.6 Å². The second kappa shape index (κ2) is 7.45. The Bertz CT molecular complexity index is 326. The number of hydrogen-bond donors (Lipinski definition) is 0. The summed E-state index contributed by atoms with van der Waals surface area (Å²) in [4.78, 5) is 22.2. The van der Waals surface area contributed by atoms with Crippen molar-refractivity contribution in [2.45, 2.75) is 13.3 Å². The zero-order valence-electron chi connectivity index (χ0n) is 9.62. The first-order valence-corrected chi connectivity index (χ1v) is 4.84. The molecule has 0 heterocycles. The molecule has 0 unspecified atom stereocenters. The molecule has 0 aliphatic rings. The smallest absolute Gasteiger partial charge is 0.337 e. The fraction of sp³-hybridized carbons (Fsp3) is 0.333. The summed E-state index contributed by atoms with van der Waals surface area (Å²) in [5.74, 6) is -1.05. The Morgan fingerprint density at radius 3 is 2.06 bits per heavy atom. The van der Waals surface area contributed by atoms with Gasteiger partial charge in [0.15, 0.2) is 0 Å². The minimum Gasteiger partial charge on any atom is -0.465 e. The van der Waals surface area contributed by atoms with Gasteiger partial charge in [-0.15, -0.1) is 0 Å². The van der Waals surface area contributed by atoms with Gasteiger partial charge in [0.05, 0.1) is 24.9 Å². The zero-order chi connectivity index (χ0) is 12.6. The van der Waals surface area contributed by atoms with Crippen molar-refractivity contribution in [1.82, 2.24) is 0 Å². The van der Waals surface area contributed by atoms with Crippen molar-refractivity contribution in [1.29, 1.82) is 0 Å². The molecule has 88 valence electrons. The normalized spacial score (nSPS) is 9.88. The van der Waals surface area contributed by atoms with Crippen LogP contribution in [0.4, 0.5) is 0 Å². The van der Waals surface area contributed by atoms with Gasteiger partial charge >= 0.3 is 11.9 Å². The molecule has 0 bridgehead atoms. The highest BCUT2D eigenvalue weighted by molar-refractivity contribution is 5.93. The van der Waals surface area contributed by atoms with E-state index in [0.29, 0.717) is 6.61 Å². The molecule has 0 aromatic carbocycles. The highest BCUT2D eigenvalue weighted by Gasteiger charge is 2.06. The molecule has 0 amide bonds. The van der Waals surface area contributed by atoms with Crippen LogP contribution in [0, 0.1) is 0 Å². The number of ether oxygens (including phenoxy) is 2. The third-order valence-electron chi connectivity index (χ3n) is 1.63. The number of methoxy groups -OCH3 is 1. The van der Waals surface area contributed by atoms with Gasteiger partial charge in [0, 0.05) is 0 Å². The average molecular weight is 224 g/mol. The van der Waals surface area contributed by atoms with Crippen LogP contribution in [0.25, 0.3) is 0 Å². The maximum Gasteiger partial charge on any atom is 0.337 e. The lowest BCUT2D eigenvalue weighted by molar-refractivity contribution is -0.138. The summed E-state index contributed by atoms with van der Waals surface area (Å²) < 4.78 is 9.27. The fourth-order valence-electron chi connectivity index (χ4n) is 0.756. The quantitative estimate of drug-likeness (QED) is 0.392. The van der Waals surface area contributed by atoms with Gasteiger partial charge in [-0.2, -0.15) is 0 Å². The number of carbonyl (C=O) groups excluding carboxylic acids is 2. The van der Waals surface area contributed by atoms with E-state index in [2.05, 4.69) is 17.9 Å². The van der Waals surface area contributed by atoms with Gasteiger partial charge in [-0.25, -0.2) is 9.59 Å². The second-order valence-electron chi connectivity index (χ2n) is 3.01. The van der Waals surface area contributed by atoms with E-state index in [1.807, 2.05) is 6.92 Å². The van der Waals surface area contributed by atoms with Crippen LogP contribution in [0.15, 0.2) is 36.5 Å². The molecule has 0 saturated carbocycles. The van der Waals surface area contributed by atoms with Gasteiger partial charge in [-0.1, -0.05) is 20.1 Å². The lowest BCUT2D eigenvalue weighted by atomic mass is 10.2. The molecule has 0 aromatic heterocycles. The first kappa shape index (κ1) is 14.2. The average Bonchev–Trinajstić information content (AvgIpc) is 2.31. The van der Waals surface area contributed by atoms with Gasteiger partial charge in [0.2, 0.25) is 0 Å². The van der Waals surface area contributed by atoms with Crippen molar-refractivity contribution in [2.75, 3.05) is 13.7 Å². The SMILES string of the molecule is C=C(/C=C\C(=C)C(=O)OCCC)C(=O)OC. The van der Waals surface area contributed by atoms with Crippen LogP contribution in [0.5, 0.6) is 0 Å². The monoisotopic (exact) mass is 224 g/mol. The fourth-order valence-corrected chi connectivity index (χ4v) is 0.756. The first-order chi connectivity index (χ1) is 7.52. The molecule has 0 atom stereocenters. The van der Waals surface area contributed by atoms with Crippen LogP contribution < -0.4 is 0 Å². The second-order valence-corrected chi connectivity index (χ2v) is 3.01. The van der Waals surface area contributed by atoms with Crippen LogP contribution in [-0.4, -0.2) is 25.7 Å². The Labute approximate surface area is 95.2 Å². The van der Waals surface area contributed by atoms with Crippen molar-refractivity contribution in [2.24, 2.45) is 0 Å². The number of hydrogen-bond acceptors (Lipinski definition) is 4. The third kappa shape index (κ3) is 5.14. The Kier molecular flexibility index (Phi) is 6.59. The van der Waals surface area contributed by atoms with E-state index in [-0.39, 0.29) is 11.1 Å². The molecular formula is C12H16O4. The maximum absolute atomic E-state index is 11.2. The molecular weight excluding hydrogens is 208 g/mol. The van der Waals surface area contributed by atoms with Crippen molar-refractivity contribution < 1.29 is 19.1 Å². The van der Waals surface area contributed by atoms with Crippen molar-refractivity contribution >= 4 is 11.9 Å². The Balaban J connectivity index is 4.23. The predicted octanol–water partition coefficient (Wildman–Crippen LogP) is 1.78. The Morgan fingerprint density at radius 2 is 1.62 bits per heavy atom. The van der Waals surface area contributed by atoms with E-state index >= 15 is 0 Å². The van der Waals surface area contributed by atoms with Crippen LogP contribution in [0.3, 0.4) is 0 Å². The van der Waals surface area contributed by atoms with Crippen molar-refractivity contribution in [3.63, 3.8) is 0 Å². The molecule has 0 N–H and O–H groups in total. The summed E-state index contributed by atoms with van der Waals surface area (Å²) in [7, 11) is 1.26. The van der Waals surface area contributed by atoms with Crippen LogP contribution in [0.1, 0.15) is 13.3 Å². The van der Waals surface area contributed by atoms with Gasteiger partial charge < -0.3 is 9.47 Å². The van der Waals surface area contributed by atoms with E-state index in [1.54, 1.807) is 0 Å². The molecule has 4 nitrogen and oxygen atoms in total. The molecule has 0 aliphatic carbocycles. The molecule has 16 heavy (non-hydrogen) atoms. The minimum atomic E-state index is -0.550. The summed E-state index contributed by atoms with van der Waals surface area (Å²) in [6.07, 6.45) is 3.48. The summed E-state index contributed by atoms with van der Waals surface area (Å²) in [5.41, 5.74) is 0.311. The Hall–Kier alpha value is -1.84. The van der Waals surface area contributed by atoms with E-state index in [1.165, 1.54) is 19.3 Å². The standard InChI is InChI=1S/C12H16O4/c1-5-8-16-12(14)10(3)7-6-9(2)11(13)15-4/h6-7H,2-3,5,8H2,1,4H3/b7-6-. The van der Waals surface area contributed by atoms with E-state index < -0.39 is 11.9 Å². The highest BCUT2D eigenvalue weighted by Crippen LogP contribution is 2.02. The molecule has 0 spiro atoms. The van der Waals surface area contributed by atoms with Crippen LogP contribution >= 0.6 is 0 Å². The third-order valence-corrected chi connectivity index (χ3v) is 1.63. The summed E-state index contributed by atoms with van der Waals surface area (Å²) >= 11 is 0. The maximum atomic E-state index is 11.2. The lowest BCUT2D eigenvalue weighted by Crippen LogP contribution is -2.06. The highest BCUT2D eigenvalue weighted by atomic mass is 16.5. The van der Waals surface area contributed by atoms with Crippen LogP contribution in [0.2, 0.25) is 0 Å². The van der Waals surface area contributed by atoms with E-state index in [0.717, 1.165) is 6.42 Å². The molecule has 0 aromatic rings. The molecule has 0 fully saturated rings. The number of rotatable bonds is 6. The predicted molar refractivity (Wildman–Crippen MR) is 60.7 cm³/mol. The van der Waals surface area contributed by atoms with Gasteiger partial charge in [-0.3, -0.25) is 0 Å². The molecule has 4 heteroatoms.